The Morgan fingerprint density at radius 2 is 1.97 bits per heavy atom. The van der Waals surface area contributed by atoms with E-state index in [1.165, 1.54) is 16.5 Å². The summed E-state index contributed by atoms with van der Waals surface area (Å²) < 4.78 is 7.07. The molecular formula is C19H24N6O4. The Morgan fingerprint density at radius 1 is 1.21 bits per heavy atom. The van der Waals surface area contributed by atoms with Crippen molar-refractivity contribution in [2.75, 3.05) is 17.7 Å². The van der Waals surface area contributed by atoms with Crippen LogP contribution in [0.4, 0.5) is 11.8 Å². The third-order valence-electron chi connectivity index (χ3n) is 5.00. The number of nitrogens with one attached hydrogen (secondary N) is 1. The lowest BCUT2D eigenvalue weighted by Crippen LogP contribution is -2.33. The molecule has 0 amide bonds. The van der Waals surface area contributed by atoms with Crippen molar-refractivity contribution < 1.29 is 20.1 Å². The third kappa shape index (κ3) is 3.75. The fourth-order valence-corrected chi connectivity index (χ4v) is 3.54. The number of aliphatic hydroxyl groups is 3. The maximum Gasteiger partial charge on any atom is 0.226 e. The maximum atomic E-state index is 10.3. The van der Waals surface area contributed by atoms with Gasteiger partial charge >= 0.3 is 0 Å². The highest BCUT2D eigenvalue weighted by Gasteiger charge is 2.44. The van der Waals surface area contributed by atoms with E-state index >= 15 is 0 Å². The summed E-state index contributed by atoms with van der Waals surface area (Å²) in [4.78, 5) is 13.0. The first-order valence-corrected chi connectivity index (χ1v) is 9.41. The molecule has 1 fully saturated rings. The molecule has 0 aliphatic carbocycles. The van der Waals surface area contributed by atoms with Crippen molar-refractivity contribution in [1.29, 1.82) is 0 Å². The predicted molar refractivity (Wildman–Crippen MR) is 106 cm³/mol. The molecule has 1 aromatic carbocycles. The fraction of sp³-hybridized carbons (Fsp3) is 0.421. The molecule has 0 spiro atoms. The van der Waals surface area contributed by atoms with Gasteiger partial charge in [0.05, 0.1) is 12.9 Å². The van der Waals surface area contributed by atoms with E-state index in [1.807, 2.05) is 37.3 Å². The van der Waals surface area contributed by atoms with Gasteiger partial charge in [0, 0.05) is 6.04 Å². The van der Waals surface area contributed by atoms with Crippen molar-refractivity contribution in [2.45, 2.75) is 43.9 Å². The number of nitrogen functional groups attached to an aromatic ring is 1. The molecule has 1 saturated heterocycles. The minimum Gasteiger partial charge on any atom is -0.394 e. The van der Waals surface area contributed by atoms with Gasteiger partial charge in [0.1, 0.15) is 23.8 Å². The second kappa shape index (κ2) is 7.91. The second-order valence-corrected chi connectivity index (χ2v) is 7.22. The number of aromatic nitrogens is 4. The molecule has 2 aromatic heterocycles. The van der Waals surface area contributed by atoms with Gasteiger partial charge in [-0.05, 0) is 18.9 Å². The number of hydrogen-bond donors (Lipinski definition) is 5. The van der Waals surface area contributed by atoms with Gasteiger partial charge in [0.25, 0.3) is 0 Å². The van der Waals surface area contributed by atoms with Crippen LogP contribution < -0.4 is 11.1 Å². The first-order valence-electron chi connectivity index (χ1n) is 9.41. The molecule has 0 radical (unpaired) electrons. The van der Waals surface area contributed by atoms with Crippen LogP contribution >= 0.6 is 0 Å². The van der Waals surface area contributed by atoms with E-state index in [0.717, 1.165) is 6.42 Å². The standard InChI is InChI=1S/C19H24N6O4/c1-10(7-11-5-3-2-4-6-11)22-19-23-16(20)13-17(24-19)25(9-21-13)18-15(28)14(27)12(8-26)29-18/h2-6,9-10,12,14-15,18,26-28H,7-8H2,1H3,(H3,20,22,23,24)/t10?,12-,14-,15-,18-/m1/s1. The number of rotatable bonds is 6. The van der Waals surface area contributed by atoms with Crippen molar-refractivity contribution >= 4 is 22.9 Å². The molecule has 1 aliphatic heterocycles. The van der Waals surface area contributed by atoms with Gasteiger partial charge in [0.2, 0.25) is 5.95 Å². The molecule has 3 aromatic rings. The summed E-state index contributed by atoms with van der Waals surface area (Å²) >= 11 is 0. The van der Waals surface area contributed by atoms with E-state index in [9.17, 15) is 15.3 Å². The molecule has 10 nitrogen and oxygen atoms in total. The van der Waals surface area contributed by atoms with Crippen LogP contribution in [-0.4, -0.2) is 65.8 Å². The number of benzene rings is 1. The number of fused-ring (bicyclic) bond motifs is 1. The van der Waals surface area contributed by atoms with E-state index in [-0.39, 0.29) is 11.9 Å². The summed E-state index contributed by atoms with van der Waals surface area (Å²) in [5.41, 5.74) is 7.96. The number of ether oxygens (including phenoxy) is 1. The number of imidazole rings is 1. The number of anilines is 2. The Labute approximate surface area is 167 Å². The summed E-state index contributed by atoms with van der Waals surface area (Å²) in [5, 5.41) is 32.9. The molecule has 5 atom stereocenters. The summed E-state index contributed by atoms with van der Waals surface area (Å²) in [7, 11) is 0. The summed E-state index contributed by atoms with van der Waals surface area (Å²) in [6, 6.07) is 10.1. The molecular weight excluding hydrogens is 376 g/mol. The van der Waals surface area contributed by atoms with Crippen molar-refractivity contribution in [3.8, 4) is 0 Å². The van der Waals surface area contributed by atoms with Crippen LogP contribution in [0.15, 0.2) is 36.7 Å². The Bertz CT molecular complexity index is 981. The zero-order chi connectivity index (χ0) is 20.5. The van der Waals surface area contributed by atoms with Gasteiger partial charge in [-0.15, -0.1) is 0 Å². The highest BCUT2D eigenvalue weighted by atomic mass is 16.6. The van der Waals surface area contributed by atoms with Crippen LogP contribution in [0.5, 0.6) is 0 Å². The lowest BCUT2D eigenvalue weighted by Gasteiger charge is -2.18. The van der Waals surface area contributed by atoms with Crippen LogP contribution in [0.3, 0.4) is 0 Å². The van der Waals surface area contributed by atoms with Gasteiger partial charge in [-0.3, -0.25) is 4.57 Å². The van der Waals surface area contributed by atoms with E-state index in [4.69, 9.17) is 10.5 Å². The molecule has 1 aliphatic rings. The first kappa shape index (κ1) is 19.5. The Hall–Kier alpha value is -2.79. The molecule has 3 heterocycles. The minimum absolute atomic E-state index is 0.0412. The van der Waals surface area contributed by atoms with Crippen LogP contribution in [-0.2, 0) is 11.2 Å². The molecule has 6 N–H and O–H groups in total. The van der Waals surface area contributed by atoms with Crippen molar-refractivity contribution in [3.05, 3.63) is 42.2 Å². The molecule has 0 saturated carbocycles. The fourth-order valence-electron chi connectivity index (χ4n) is 3.54. The van der Waals surface area contributed by atoms with Gasteiger partial charge in [-0.2, -0.15) is 9.97 Å². The van der Waals surface area contributed by atoms with Gasteiger partial charge < -0.3 is 31.1 Å². The number of nitrogens with two attached hydrogens (primary N) is 1. The maximum absolute atomic E-state index is 10.3. The zero-order valence-corrected chi connectivity index (χ0v) is 15.9. The number of aliphatic hydroxyl groups excluding tert-OH is 3. The van der Waals surface area contributed by atoms with Crippen LogP contribution in [0, 0.1) is 0 Å². The predicted octanol–water partition coefficient (Wildman–Crippen LogP) is 0.0631. The van der Waals surface area contributed by atoms with E-state index < -0.39 is 31.1 Å². The van der Waals surface area contributed by atoms with Crippen molar-refractivity contribution in [2.24, 2.45) is 0 Å². The lowest BCUT2D eigenvalue weighted by atomic mass is 10.1. The second-order valence-electron chi connectivity index (χ2n) is 7.22. The summed E-state index contributed by atoms with van der Waals surface area (Å²) in [6.07, 6.45) is -2.10. The summed E-state index contributed by atoms with van der Waals surface area (Å²) in [5.74, 6) is 0.516. The van der Waals surface area contributed by atoms with Gasteiger partial charge in [-0.25, -0.2) is 4.98 Å². The minimum atomic E-state index is -1.24. The van der Waals surface area contributed by atoms with Crippen LogP contribution in [0.2, 0.25) is 0 Å². The Balaban J connectivity index is 1.60. The topological polar surface area (TPSA) is 152 Å². The smallest absolute Gasteiger partial charge is 0.226 e. The highest BCUT2D eigenvalue weighted by molar-refractivity contribution is 5.83. The number of hydrogen-bond acceptors (Lipinski definition) is 9. The quantitative estimate of drug-likeness (QED) is 0.387. The van der Waals surface area contributed by atoms with Crippen molar-refractivity contribution in [3.63, 3.8) is 0 Å². The molecule has 154 valence electrons. The Morgan fingerprint density at radius 3 is 2.66 bits per heavy atom. The molecule has 1 unspecified atom stereocenters. The van der Waals surface area contributed by atoms with E-state index in [1.54, 1.807) is 0 Å². The largest absolute Gasteiger partial charge is 0.394 e. The first-order chi connectivity index (χ1) is 14.0. The Kier molecular flexibility index (Phi) is 5.33. The average Bonchev–Trinajstić information content (AvgIpc) is 3.24. The molecule has 4 rings (SSSR count). The van der Waals surface area contributed by atoms with Gasteiger partial charge in [-0.1, -0.05) is 30.3 Å². The molecule has 29 heavy (non-hydrogen) atoms. The molecule has 0 bridgehead atoms. The third-order valence-corrected chi connectivity index (χ3v) is 5.00. The van der Waals surface area contributed by atoms with Crippen LogP contribution in [0.25, 0.3) is 11.2 Å². The van der Waals surface area contributed by atoms with Crippen molar-refractivity contribution in [1.82, 2.24) is 19.5 Å². The normalized spacial score (nSPS) is 25.4. The zero-order valence-electron chi connectivity index (χ0n) is 15.9. The number of nitrogens with zero attached hydrogens (tertiary/aromatic N) is 4. The van der Waals surface area contributed by atoms with E-state index in [2.05, 4.69) is 20.3 Å². The highest BCUT2D eigenvalue weighted by Crippen LogP contribution is 2.32. The monoisotopic (exact) mass is 400 g/mol. The van der Waals surface area contributed by atoms with E-state index in [0.29, 0.717) is 17.1 Å². The lowest BCUT2D eigenvalue weighted by molar-refractivity contribution is -0.0511. The molecule has 10 heteroatoms. The van der Waals surface area contributed by atoms with Gasteiger partial charge in [0.15, 0.2) is 17.7 Å². The average molecular weight is 400 g/mol. The van der Waals surface area contributed by atoms with Crippen LogP contribution in [0.1, 0.15) is 18.7 Å². The summed E-state index contributed by atoms with van der Waals surface area (Å²) in [6.45, 7) is 1.60. The SMILES string of the molecule is CC(Cc1ccccc1)Nc1nc(N)c2ncn([C@@H]3O[C@H](CO)[C@@H](O)[C@H]3O)c2n1.